The van der Waals surface area contributed by atoms with E-state index in [-0.39, 0.29) is 0 Å². The smallest absolute Gasteiger partial charge is 0.215 e. The molecule has 2 aromatic rings. The van der Waals surface area contributed by atoms with E-state index in [2.05, 4.69) is 51.1 Å². The summed E-state index contributed by atoms with van der Waals surface area (Å²) in [4.78, 5) is 0. The van der Waals surface area contributed by atoms with Crippen LogP contribution in [-0.4, -0.2) is 15.9 Å². The fourth-order valence-electron chi connectivity index (χ4n) is 2.84. The molecule has 0 saturated carbocycles. The summed E-state index contributed by atoms with van der Waals surface area (Å²) in [6.45, 7) is 7.53. The van der Waals surface area contributed by atoms with Crippen LogP contribution in [0.25, 0.3) is 0 Å². The van der Waals surface area contributed by atoms with Gasteiger partial charge in [-0.2, -0.15) is 5.10 Å². The van der Waals surface area contributed by atoms with Gasteiger partial charge in [-0.3, -0.25) is 0 Å². The van der Waals surface area contributed by atoms with Crippen LogP contribution < -0.4 is 4.74 Å². The van der Waals surface area contributed by atoms with Crippen LogP contribution in [0.5, 0.6) is 5.88 Å². The second kappa shape index (κ2) is 5.31. The zero-order chi connectivity index (χ0) is 14.1. The second-order valence-electron chi connectivity index (χ2n) is 5.92. The second-order valence-corrected chi connectivity index (χ2v) is 5.92. The SMILES string of the molecule is CC(C)c1c(Cc2ccccc2)nn2c1O[C@H](C)CC2. The molecule has 106 valence electrons. The van der Waals surface area contributed by atoms with Gasteiger partial charge < -0.3 is 4.74 Å². The van der Waals surface area contributed by atoms with Gasteiger partial charge in [-0.05, 0) is 18.4 Å². The summed E-state index contributed by atoms with van der Waals surface area (Å²) in [7, 11) is 0. The van der Waals surface area contributed by atoms with Gasteiger partial charge in [0.1, 0.15) is 0 Å². The number of ether oxygens (including phenoxy) is 1. The molecule has 1 aliphatic rings. The van der Waals surface area contributed by atoms with Crippen molar-refractivity contribution in [3.8, 4) is 5.88 Å². The van der Waals surface area contributed by atoms with Crippen LogP contribution in [0.1, 0.15) is 49.9 Å². The molecular weight excluding hydrogens is 248 g/mol. The molecule has 1 aromatic carbocycles. The van der Waals surface area contributed by atoms with Crippen molar-refractivity contribution >= 4 is 0 Å². The summed E-state index contributed by atoms with van der Waals surface area (Å²) in [6.07, 6.45) is 2.21. The van der Waals surface area contributed by atoms with Gasteiger partial charge in [-0.1, -0.05) is 44.2 Å². The minimum atomic E-state index is 0.293. The number of hydrogen-bond acceptors (Lipinski definition) is 2. The zero-order valence-electron chi connectivity index (χ0n) is 12.5. The van der Waals surface area contributed by atoms with E-state index in [1.165, 1.54) is 11.1 Å². The van der Waals surface area contributed by atoms with E-state index < -0.39 is 0 Å². The summed E-state index contributed by atoms with van der Waals surface area (Å²) < 4.78 is 8.09. The van der Waals surface area contributed by atoms with Gasteiger partial charge in [0.15, 0.2) is 0 Å². The van der Waals surface area contributed by atoms with Crippen LogP contribution in [0, 0.1) is 0 Å². The lowest BCUT2D eigenvalue weighted by atomic mass is 9.99. The molecule has 3 heteroatoms. The molecule has 2 heterocycles. The zero-order valence-corrected chi connectivity index (χ0v) is 12.5. The number of aryl methyl sites for hydroxylation is 1. The van der Waals surface area contributed by atoms with Crippen LogP contribution >= 0.6 is 0 Å². The van der Waals surface area contributed by atoms with Crippen molar-refractivity contribution in [3.63, 3.8) is 0 Å². The summed E-state index contributed by atoms with van der Waals surface area (Å²) in [5, 5.41) is 4.79. The van der Waals surface area contributed by atoms with Crippen LogP contribution in [0.15, 0.2) is 30.3 Å². The predicted molar refractivity (Wildman–Crippen MR) is 80.3 cm³/mol. The van der Waals surface area contributed by atoms with Gasteiger partial charge in [0.05, 0.1) is 11.8 Å². The highest BCUT2D eigenvalue weighted by Crippen LogP contribution is 2.34. The van der Waals surface area contributed by atoms with Gasteiger partial charge in [-0.15, -0.1) is 0 Å². The average molecular weight is 270 g/mol. The van der Waals surface area contributed by atoms with Crippen molar-refractivity contribution in [1.82, 2.24) is 9.78 Å². The Bertz CT molecular complexity index is 587. The Kier molecular flexibility index (Phi) is 3.51. The van der Waals surface area contributed by atoms with E-state index in [1.807, 2.05) is 4.68 Å². The van der Waals surface area contributed by atoms with Crippen molar-refractivity contribution in [1.29, 1.82) is 0 Å². The minimum Gasteiger partial charge on any atom is -0.475 e. The Labute approximate surface area is 120 Å². The maximum atomic E-state index is 6.04. The molecule has 0 aliphatic carbocycles. The van der Waals surface area contributed by atoms with E-state index in [9.17, 15) is 0 Å². The predicted octanol–water partition coefficient (Wildman–Crippen LogP) is 3.77. The quantitative estimate of drug-likeness (QED) is 0.849. The molecule has 1 aromatic heterocycles. The third-order valence-corrected chi connectivity index (χ3v) is 3.87. The normalized spacial score (nSPS) is 17.9. The van der Waals surface area contributed by atoms with E-state index in [0.717, 1.165) is 31.0 Å². The number of aromatic nitrogens is 2. The molecular formula is C17H22N2O. The first kappa shape index (κ1) is 13.2. The first-order valence-electron chi connectivity index (χ1n) is 7.45. The lowest BCUT2D eigenvalue weighted by Gasteiger charge is -2.23. The van der Waals surface area contributed by atoms with Crippen molar-refractivity contribution in [2.75, 3.05) is 0 Å². The van der Waals surface area contributed by atoms with Crippen LogP contribution in [0.4, 0.5) is 0 Å². The van der Waals surface area contributed by atoms with Gasteiger partial charge in [-0.25, -0.2) is 4.68 Å². The van der Waals surface area contributed by atoms with Crippen molar-refractivity contribution in [2.24, 2.45) is 0 Å². The highest BCUT2D eigenvalue weighted by Gasteiger charge is 2.26. The largest absolute Gasteiger partial charge is 0.475 e. The Hall–Kier alpha value is -1.77. The third kappa shape index (κ3) is 2.45. The first-order chi connectivity index (χ1) is 9.65. The minimum absolute atomic E-state index is 0.293. The highest BCUT2D eigenvalue weighted by molar-refractivity contribution is 5.38. The van der Waals surface area contributed by atoms with Crippen LogP contribution in [-0.2, 0) is 13.0 Å². The number of hydrogen-bond donors (Lipinski definition) is 0. The summed E-state index contributed by atoms with van der Waals surface area (Å²) in [5.41, 5.74) is 3.74. The highest BCUT2D eigenvalue weighted by atomic mass is 16.5. The Morgan fingerprint density at radius 3 is 2.75 bits per heavy atom. The molecule has 20 heavy (non-hydrogen) atoms. The molecule has 3 rings (SSSR count). The maximum Gasteiger partial charge on any atom is 0.215 e. The molecule has 0 N–H and O–H groups in total. The van der Waals surface area contributed by atoms with E-state index in [0.29, 0.717) is 12.0 Å². The topological polar surface area (TPSA) is 27.1 Å². The standard InChI is InChI=1S/C17H22N2O/c1-12(2)16-15(11-14-7-5-4-6-8-14)18-19-10-9-13(3)20-17(16)19/h4-8,12-13H,9-11H2,1-3H3/t13-/m1/s1. The summed E-state index contributed by atoms with van der Waals surface area (Å²) in [6, 6.07) is 10.5. The van der Waals surface area contributed by atoms with Crippen molar-refractivity contribution in [2.45, 2.75) is 52.2 Å². The Balaban J connectivity index is 1.98. The fraction of sp³-hybridized carbons (Fsp3) is 0.471. The molecule has 0 saturated heterocycles. The molecule has 0 unspecified atom stereocenters. The maximum absolute atomic E-state index is 6.04. The van der Waals surface area contributed by atoms with Crippen molar-refractivity contribution in [3.05, 3.63) is 47.2 Å². The number of benzene rings is 1. The molecule has 0 amide bonds. The van der Waals surface area contributed by atoms with Gasteiger partial charge in [0.2, 0.25) is 5.88 Å². The molecule has 0 spiro atoms. The summed E-state index contributed by atoms with van der Waals surface area (Å²) >= 11 is 0. The monoisotopic (exact) mass is 270 g/mol. The lowest BCUT2D eigenvalue weighted by Crippen LogP contribution is -2.23. The van der Waals surface area contributed by atoms with Gasteiger partial charge >= 0.3 is 0 Å². The van der Waals surface area contributed by atoms with E-state index in [4.69, 9.17) is 9.84 Å². The number of fused-ring (bicyclic) bond motifs is 1. The molecule has 0 radical (unpaired) electrons. The van der Waals surface area contributed by atoms with Gasteiger partial charge in [0, 0.05) is 24.9 Å². The first-order valence-corrected chi connectivity index (χ1v) is 7.45. The Morgan fingerprint density at radius 1 is 1.30 bits per heavy atom. The number of nitrogens with zero attached hydrogens (tertiary/aromatic N) is 2. The van der Waals surface area contributed by atoms with E-state index >= 15 is 0 Å². The fourth-order valence-corrected chi connectivity index (χ4v) is 2.84. The van der Waals surface area contributed by atoms with Gasteiger partial charge in [0.25, 0.3) is 0 Å². The van der Waals surface area contributed by atoms with Crippen LogP contribution in [0.3, 0.4) is 0 Å². The molecule has 0 fully saturated rings. The Morgan fingerprint density at radius 2 is 2.05 bits per heavy atom. The third-order valence-electron chi connectivity index (χ3n) is 3.87. The summed E-state index contributed by atoms with van der Waals surface area (Å²) in [5.74, 6) is 1.42. The molecule has 1 atom stereocenters. The van der Waals surface area contributed by atoms with Crippen LogP contribution in [0.2, 0.25) is 0 Å². The average Bonchev–Trinajstić information content (AvgIpc) is 2.77. The lowest BCUT2D eigenvalue weighted by molar-refractivity contribution is 0.147. The molecule has 1 aliphatic heterocycles. The number of rotatable bonds is 3. The molecule has 3 nitrogen and oxygen atoms in total. The van der Waals surface area contributed by atoms with Crippen molar-refractivity contribution < 1.29 is 4.74 Å². The van der Waals surface area contributed by atoms with E-state index in [1.54, 1.807) is 0 Å². The molecule has 0 bridgehead atoms.